The van der Waals surface area contributed by atoms with Gasteiger partial charge in [0.15, 0.2) is 0 Å². The summed E-state index contributed by atoms with van der Waals surface area (Å²) in [5.41, 5.74) is -0.679. The summed E-state index contributed by atoms with van der Waals surface area (Å²) in [6.45, 7) is 6.90. The fourth-order valence-corrected chi connectivity index (χ4v) is 4.40. The summed E-state index contributed by atoms with van der Waals surface area (Å²) in [6.07, 6.45) is 4.23. The normalized spacial score (nSPS) is 19.0. The third-order valence-electron chi connectivity index (χ3n) is 5.57. The van der Waals surface area contributed by atoms with E-state index in [4.69, 9.17) is 0 Å². The Hall–Kier alpha value is -1.73. The van der Waals surface area contributed by atoms with E-state index in [0.717, 1.165) is 31.1 Å². The topological polar surface area (TPSA) is 19.4 Å². The SMILES string of the molecule is CC(C)c1cc(CN2CN(c3ccc(SC(F)(F)F)cc3)CC23CC3)ccn1. The summed E-state index contributed by atoms with van der Waals surface area (Å²) in [4.78, 5) is 9.46. The van der Waals surface area contributed by atoms with Gasteiger partial charge in [-0.2, -0.15) is 13.2 Å². The molecule has 7 heteroatoms. The predicted octanol–water partition coefficient (Wildman–Crippen LogP) is 5.63. The van der Waals surface area contributed by atoms with Crippen LogP contribution in [-0.4, -0.2) is 34.1 Å². The molecule has 2 aromatic rings. The number of hydrogen-bond acceptors (Lipinski definition) is 4. The Morgan fingerprint density at radius 2 is 1.86 bits per heavy atom. The van der Waals surface area contributed by atoms with E-state index in [1.54, 1.807) is 24.3 Å². The van der Waals surface area contributed by atoms with Crippen LogP contribution in [0.5, 0.6) is 0 Å². The summed E-state index contributed by atoms with van der Waals surface area (Å²) in [5.74, 6) is 0.401. The molecule has 2 aliphatic rings. The largest absolute Gasteiger partial charge is 0.446 e. The fraction of sp³-hybridized carbons (Fsp3) is 0.476. The Labute approximate surface area is 167 Å². The molecular weight excluding hydrogens is 383 g/mol. The number of halogens is 3. The first-order valence-electron chi connectivity index (χ1n) is 9.55. The van der Waals surface area contributed by atoms with Crippen molar-refractivity contribution in [2.75, 3.05) is 18.1 Å². The van der Waals surface area contributed by atoms with Crippen molar-refractivity contribution in [3.8, 4) is 0 Å². The fourth-order valence-electron chi connectivity index (χ4n) is 3.86. The van der Waals surface area contributed by atoms with Crippen LogP contribution < -0.4 is 4.90 Å². The highest BCUT2D eigenvalue weighted by Gasteiger charge is 2.53. The number of alkyl halides is 3. The van der Waals surface area contributed by atoms with Crippen LogP contribution in [0.15, 0.2) is 47.5 Å². The van der Waals surface area contributed by atoms with Gasteiger partial charge in [0.1, 0.15) is 0 Å². The number of aromatic nitrogens is 1. The molecule has 0 atom stereocenters. The summed E-state index contributed by atoms with van der Waals surface area (Å²) < 4.78 is 37.6. The lowest BCUT2D eigenvalue weighted by molar-refractivity contribution is -0.0328. The van der Waals surface area contributed by atoms with Crippen LogP contribution in [0.2, 0.25) is 0 Å². The van der Waals surface area contributed by atoms with Gasteiger partial charge in [0.2, 0.25) is 0 Å². The van der Waals surface area contributed by atoms with E-state index in [1.165, 1.54) is 18.4 Å². The Morgan fingerprint density at radius 3 is 2.46 bits per heavy atom. The zero-order valence-corrected chi connectivity index (χ0v) is 16.9. The highest BCUT2D eigenvalue weighted by atomic mass is 32.2. The lowest BCUT2D eigenvalue weighted by Crippen LogP contribution is -2.32. The van der Waals surface area contributed by atoms with E-state index < -0.39 is 5.51 Å². The second-order valence-electron chi connectivity index (χ2n) is 8.05. The van der Waals surface area contributed by atoms with Gasteiger partial charge in [-0.05, 0) is 72.5 Å². The maximum Gasteiger partial charge on any atom is 0.446 e. The smallest absolute Gasteiger partial charge is 0.357 e. The van der Waals surface area contributed by atoms with Crippen LogP contribution in [0.1, 0.15) is 43.9 Å². The van der Waals surface area contributed by atoms with Crippen LogP contribution in [0.4, 0.5) is 18.9 Å². The number of benzene rings is 1. The molecule has 1 aromatic heterocycles. The number of anilines is 1. The van der Waals surface area contributed by atoms with Gasteiger partial charge in [-0.15, -0.1) is 0 Å². The zero-order valence-electron chi connectivity index (χ0n) is 16.0. The second kappa shape index (κ2) is 7.26. The molecule has 1 saturated heterocycles. The third-order valence-corrected chi connectivity index (χ3v) is 6.31. The molecule has 4 rings (SSSR count). The van der Waals surface area contributed by atoms with Crippen LogP contribution in [0.25, 0.3) is 0 Å². The second-order valence-corrected chi connectivity index (χ2v) is 9.19. The van der Waals surface area contributed by atoms with Crippen molar-refractivity contribution in [1.82, 2.24) is 9.88 Å². The number of hydrogen-bond donors (Lipinski definition) is 0. The molecule has 2 fully saturated rings. The van der Waals surface area contributed by atoms with Crippen LogP contribution in [0.3, 0.4) is 0 Å². The van der Waals surface area contributed by atoms with E-state index in [2.05, 4.69) is 40.8 Å². The molecule has 1 saturated carbocycles. The number of thioether (sulfide) groups is 1. The van der Waals surface area contributed by atoms with Crippen molar-refractivity contribution in [3.63, 3.8) is 0 Å². The summed E-state index contributed by atoms with van der Waals surface area (Å²) in [5, 5.41) is 0. The summed E-state index contributed by atoms with van der Waals surface area (Å²) >= 11 is -0.0648. The van der Waals surface area contributed by atoms with Gasteiger partial charge in [-0.25, -0.2) is 0 Å². The van der Waals surface area contributed by atoms with E-state index in [-0.39, 0.29) is 22.2 Å². The molecule has 0 N–H and O–H groups in total. The molecule has 0 unspecified atom stereocenters. The van der Waals surface area contributed by atoms with Crippen LogP contribution >= 0.6 is 11.8 Å². The van der Waals surface area contributed by atoms with Gasteiger partial charge in [-0.1, -0.05) is 13.8 Å². The monoisotopic (exact) mass is 407 g/mol. The highest BCUT2D eigenvalue weighted by molar-refractivity contribution is 8.00. The number of nitrogens with zero attached hydrogens (tertiary/aromatic N) is 3. The van der Waals surface area contributed by atoms with Gasteiger partial charge in [0.25, 0.3) is 0 Å². The Bertz CT molecular complexity index is 832. The molecule has 150 valence electrons. The molecule has 1 aromatic carbocycles. The van der Waals surface area contributed by atoms with Gasteiger partial charge < -0.3 is 4.90 Å². The minimum atomic E-state index is -4.25. The molecule has 3 nitrogen and oxygen atoms in total. The van der Waals surface area contributed by atoms with Crippen molar-refractivity contribution < 1.29 is 13.2 Å². The summed E-state index contributed by atoms with van der Waals surface area (Å²) in [7, 11) is 0. The third kappa shape index (κ3) is 4.30. The molecule has 1 aliphatic carbocycles. The average Bonchev–Trinajstić information content (AvgIpc) is 3.32. The molecule has 28 heavy (non-hydrogen) atoms. The first-order chi connectivity index (χ1) is 13.2. The minimum absolute atomic E-state index is 0.0648. The zero-order chi connectivity index (χ0) is 19.9. The Morgan fingerprint density at radius 1 is 1.14 bits per heavy atom. The van der Waals surface area contributed by atoms with Crippen LogP contribution in [-0.2, 0) is 6.54 Å². The van der Waals surface area contributed by atoms with E-state index >= 15 is 0 Å². The highest BCUT2D eigenvalue weighted by Crippen LogP contribution is 2.48. The maximum absolute atomic E-state index is 12.5. The number of pyridine rings is 1. The van der Waals surface area contributed by atoms with Crippen LogP contribution in [0, 0.1) is 0 Å². The molecular formula is C21H24F3N3S. The van der Waals surface area contributed by atoms with Gasteiger partial charge >= 0.3 is 5.51 Å². The minimum Gasteiger partial charge on any atom is -0.357 e. The molecule has 0 amide bonds. The Balaban J connectivity index is 1.46. The maximum atomic E-state index is 12.5. The molecule has 1 spiro atoms. The van der Waals surface area contributed by atoms with Gasteiger partial charge in [0.05, 0.1) is 6.67 Å². The summed E-state index contributed by atoms with van der Waals surface area (Å²) in [6, 6.07) is 11.0. The van der Waals surface area contributed by atoms with Crippen molar-refractivity contribution in [1.29, 1.82) is 0 Å². The predicted molar refractivity (Wildman–Crippen MR) is 106 cm³/mol. The molecule has 0 bridgehead atoms. The van der Waals surface area contributed by atoms with E-state index in [1.807, 2.05) is 6.20 Å². The molecule has 0 radical (unpaired) electrons. The van der Waals surface area contributed by atoms with Gasteiger partial charge in [-0.3, -0.25) is 9.88 Å². The molecule has 2 heterocycles. The van der Waals surface area contributed by atoms with E-state index in [9.17, 15) is 13.2 Å². The van der Waals surface area contributed by atoms with Gasteiger partial charge in [0, 0.05) is 41.1 Å². The van der Waals surface area contributed by atoms with Crippen molar-refractivity contribution >= 4 is 17.4 Å². The molecule has 1 aliphatic heterocycles. The van der Waals surface area contributed by atoms with E-state index in [0.29, 0.717) is 5.92 Å². The first-order valence-corrected chi connectivity index (χ1v) is 10.4. The van der Waals surface area contributed by atoms with Crippen molar-refractivity contribution in [2.24, 2.45) is 0 Å². The first kappa shape index (κ1) is 19.6. The lowest BCUT2D eigenvalue weighted by atomic mass is 10.1. The van der Waals surface area contributed by atoms with Crippen molar-refractivity contribution in [3.05, 3.63) is 53.9 Å². The standard InChI is InChI=1S/C21H24F3N3S/c1-15(2)19-11-16(7-10-25-19)12-27-14-26(13-20(27)8-9-20)17-3-5-18(6-4-17)28-21(22,23)24/h3-7,10-11,15H,8-9,12-14H2,1-2H3. The average molecular weight is 408 g/mol. The number of rotatable bonds is 5. The Kier molecular flexibility index (Phi) is 5.08. The quantitative estimate of drug-likeness (QED) is 0.598. The lowest BCUT2D eigenvalue weighted by Gasteiger charge is -2.23. The van der Waals surface area contributed by atoms with Crippen molar-refractivity contribution in [2.45, 2.75) is 55.1 Å².